The molecule has 0 aliphatic carbocycles. The summed E-state index contributed by atoms with van der Waals surface area (Å²) in [7, 11) is -0.727. The molecule has 1 aliphatic heterocycles. The highest BCUT2D eigenvalue weighted by Gasteiger charge is 2.29. The largest absolute Gasteiger partial charge is 0.392 e. The van der Waals surface area contributed by atoms with Gasteiger partial charge in [-0.05, 0) is 33.7 Å². The van der Waals surface area contributed by atoms with E-state index < -0.39 is 10.8 Å². The fourth-order valence-electron chi connectivity index (χ4n) is 1.70. The lowest BCUT2D eigenvalue weighted by Gasteiger charge is -2.22. The third kappa shape index (κ3) is 3.33. The SMILES string of the molecule is CC(O)CN1CCS(=O)C(C)(C)CC1. The lowest BCUT2D eigenvalue weighted by molar-refractivity contribution is 0.129. The maximum absolute atomic E-state index is 11.8. The Kier molecular flexibility index (Phi) is 4.10. The van der Waals surface area contributed by atoms with Crippen molar-refractivity contribution in [2.24, 2.45) is 0 Å². The zero-order valence-electron chi connectivity index (χ0n) is 9.32. The molecule has 14 heavy (non-hydrogen) atoms. The van der Waals surface area contributed by atoms with Crippen LogP contribution in [0, 0.1) is 0 Å². The summed E-state index contributed by atoms with van der Waals surface area (Å²) < 4.78 is 11.7. The Morgan fingerprint density at radius 2 is 2.14 bits per heavy atom. The normalized spacial score (nSPS) is 31.0. The predicted octanol–water partition coefficient (Wildman–Crippen LogP) is 0.600. The van der Waals surface area contributed by atoms with Gasteiger partial charge >= 0.3 is 0 Å². The molecule has 0 bridgehead atoms. The van der Waals surface area contributed by atoms with E-state index in [0.29, 0.717) is 6.54 Å². The van der Waals surface area contributed by atoms with Crippen LogP contribution < -0.4 is 0 Å². The Balaban J connectivity index is 2.52. The summed E-state index contributed by atoms with van der Waals surface area (Å²) in [6.07, 6.45) is 0.663. The molecule has 3 nitrogen and oxygen atoms in total. The van der Waals surface area contributed by atoms with Crippen LogP contribution in [0.5, 0.6) is 0 Å². The van der Waals surface area contributed by atoms with Gasteiger partial charge in [0.1, 0.15) is 0 Å². The van der Waals surface area contributed by atoms with E-state index >= 15 is 0 Å². The quantitative estimate of drug-likeness (QED) is 0.739. The van der Waals surface area contributed by atoms with Crippen LogP contribution in [-0.2, 0) is 10.8 Å². The second kappa shape index (κ2) is 4.73. The van der Waals surface area contributed by atoms with Crippen LogP contribution in [0.25, 0.3) is 0 Å². The summed E-state index contributed by atoms with van der Waals surface area (Å²) in [5.41, 5.74) is 0. The maximum atomic E-state index is 11.8. The molecule has 1 saturated heterocycles. The highest BCUT2D eigenvalue weighted by Crippen LogP contribution is 2.21. The summed E-state index contributed by atoms with van der Waals surface area (Å²) >= 11 is 0. The monoisotopic (exact) mass is 219 g/mol. The van der Waals surface area contributed by atoms with E-state index in [0.717, 1.165) is 25.3 Å². The second-order valence-corrected chi connectivity index (χ2v) is 6.91. The molecule has 0 aromatic carbocycles. The molecule has 84 valence electrons. The highest BCUT2D eigenvalue weighted by molar-refractivity contribution is 7.86. The molecule has 0 spiro atoms. The molecule has 0 aromatic rings. The molecule has 0 saturated carbocycles. The molecule has 0 radical (unpaired) electrons. The highest BCUT2D eigenvalue weighted by atomic mass is 32.2. The van der Waals surface area contributed by atoms with E-state index in [-0.39, 0.29) is 10.9 Å². The number of aliphatic hydroxyl groups excluding tert-OH is 1. The molecular formula is C10H21NO2S. The number of aliphatic hydroxyl groups is 1. The Morgan fingerprint density at radius 3 is 2.71 bits per heavy atom. The van der Waals surface area contributed by atoms with Crippen LogP contribution in [0.4, 0.5) is 0 Å². The molecule has 2 atom stereocenters. The Morgan fingerprint density at radius 1 is 1.50 bits per heavy atom. The van der Waals surface area contributed by atoms with Gasteiger partial charge in [-0.15, -0.1) is 0 Å². The Bertz CT molecular complexity index is 216. The van der Waals surface area contributed by atoms with Gasteiger partial charge in [0.15, 0.2) is 0 Å². The molecule has 1 rings (SSSR count). The summed E-state index contributed by atoms with van der Waals surface area (Å²) in [6.45, 7) is 8.43. The van der Waals surface area contributed by atoms with Gasteiger partial charge in [-0.1, -0.05) is 0 Å². The van der Waals surface area contributed by atoms with Crippen molar-refractivity contribution in [2.75, 3.05) is 25.4 Å². The molecule has 0 aromatic heterocycles. The van der Waals surface area contributed by atoms with Gasteiger partial charge in [0, 0.05) is 34.4 Å². The summed E-state index contributed by atoms with van der Waals surface area (Å²) in [4.78, 5) is 2.21. The van der Waals surface area contributed by atoms with Crippen molar-refractivity contribution in [3.05, 3.63) is 0 Å². The van der Waals surface area contributed by atoms with E-state index in [2.05, 4.69) is 18.7 Å². The first-order chi connectivity index (χ1) is 6.42. The van der Waals surface area contributed by atoms with E-state index in [1.165, 1.54) is 0 Å². The zero-order chi connectivity index (χ0) is 10.8. The first kappa shape index (κ1) is 12.1. The van der Waals surface area contributed by atoms with Crippen molar-refractivity contribution in [2.45, 2.75) is 38.0 Å². The van der Waals surface area contributed by atoms with Crippen molar-refractivity contribution >= 4 is 10.8 Å². The molecule has 0 amide bonds. The molecule has 1 N–H and O–H groups in total. The number of hydrogen-bond donors (Lipinski definition) is 1. The fraction of sp³-hybridized carbons (Fsp3) is 1.00. The third-order valence-electron chi connectivity index (χ3n) is 2.76. The molecule has 2 unspecified atom stereocenters. The maximum Gasteiger partial charge on any atom is 0.0639 e. The minimum Gasteiger partial charge on any atom is -0.392 e. The number of rotatable bonds is 2. The van der Waals surface area contributed by atoms with Gasteiger partial charge in [-0.3, -0.25) is 9.11 Å². The number of hydrogen-bond acceptors (Lipinski definition) is 3. The predicted molar refractivity (Wildman–Crippen MR) is 59.8 cm³/mol. The van der Waals surface area contributed by atoms with Crippen molar-refractivity contribution in [3.63, 3.8) is 0 Å². The zero-order valence-corrected chi connectivity index (χ0v) is 10.1. The van der Waals surface area contributed by atoms with Gasteiger partial charge in [0.2, 0.25) is 0 Å². The van der Waals surface area contributed by atoms with Gasteiger partial charge < -0.3 is 5.11 Å². The van der Waals surface area contributed by atoms with E-state index in [1.807, 2.05) is 0 Å². The van der Waals surface area contributed by atoms with E-state index in [1.54, 1.807) is 6.92 Å². The van der Waals surface area contributed by atoms with Crippen LogP contribution in [-0.4, -0.2) is 50.5 Å². The summed E-state index contributed by atoms with van der Waals surface area (Å²) in [5, 5.41) is 9.27. The van der Waals surface area contributed by atoms with Gasteiger partial charge in [0.05, 0.1) is 6.10 Å². The molecular weight excluding hydrogens is 198 g/mol. The van der Waals surface area contributed by atoms with Crippen molar-refractivity contribution in [1.82, 2.24) is 4.90 Å². The average Bonchev–Trinajstić information content (AvgIpc) is 2.17. The fourth-order valence-corrected chi connectivity index (χ4v) is 2.99. The third-order valence-corrected chi connectivity index (χ3v) is 4.75. The summed E-state index contributed by atoms with van der Waals surface area (Å²) in [5.74, 6) is 0.736. The first-order valence-electron chi connectivity index (χ1n) is 5.21. The molecule has 1 fully saturated rings. The van der Waals surface area contributed by atoms with Crippen molar-refractivity contribution < 1.29 is 9.32 Å². The van der Waals surface area contributed by atoms with Crippen LogP contribution in [0.15, 0.2) is 0 Å². The van der Waals surface area contributed by atoms with Crippen LogP contribution >= 0.6 is 0 Å². The van der Waals surface area contributed by atoms with Crippen LogP contribution in [0.3, 0.4) is 0 Å². The Labute approximate surface area is 88.9 Å². The van der Waals surface area contributed by atoms with E-state index in [9.17, 15) is 9.32 Å². The minimum atomic E-state index is -0.727. The molecule has 4 heteroatoms. The number of β-amino-alcohol motifs (C(OH)–C–C–N with tert-alkyl or cyclic N) is 1. The number of nitrogens with zero attached hydrogens (tertiary/aromatic N) is 1. The average molecular weight is 219 g/mol. The smallest absolute Gasteiger partial charge is 0.0639 e. The molecule has 1 aliphatic rings. The summed E-state index contributed by atoms with van der Waals surface area (Å²) in [6, 6.07) is 0. The first-order valence-corrected chi connectivity index (χ1v) is 6.52. The Hall–Kier alpha value is 0.0700. The second-order valence-electron chi connectivity index (χ2n) is 4.71. The van der Waals surface area contributed by atoms with Crippen LogP contribution in [0.1, 0.15) is 27.2 Å². The van der Waals surface area contributed by atoms with Gasteiger partial charge in [0.25, 0.3) is 0 Å². The topological polar surface area (TPSA) is 40.5 Å². The van der Waals surface area contributed by atoms with Crippen molar-refractivity contribution in [1.29, 1.82) is 0 Å². The lowest BCUT2D eigenvalue weighted by atomic mass is 10.1. The van der Waals surface area contributed by atoms with Crippen LogP contribution in [0.2, 0.25) is 0 Å². The van der Waals surface area contributed by atoms with Gasteiger partial charge in [-0.2, -0.15) is 0 Å². The lowest BCUT2D eigenvalue weighted by Crippen LogP contribution is -2.33. The van der Waals surface area contributed by atoms with E-state index in [4.69, 9.17) is 0 Å². The molecule has 1 heterocycles. The van der Waals surface area contributed by atoms with Crippen molar-refractivity contribution in [3.8, 4) is 0 Å². The standard InChI is InChI=1S/C10H21NO2S/c1-9(12)8-11-5-4-10(2,3)14(13)7-6-11/h9,12H,4-8H2,1-3H3. The van der Waals surface area contributed by atoms with Gasteiger partial charge in [-0.25, -0.2) is 0 Å². The minimum absolute atomic E-state index is 0.0621.